The second-order valence-electron chi connectivity index (χ2n) is 9.02. The van der Waals surface area contributed by atoms with Gasteiger partial charge in [0.2, 0.25) is 0 Å². The van der Waals surface area contributed by atoms with Crippen molar-refractivity contribution >= 4 is 34.9 Å². The van der Waals surface area contributed by atoms with Crippen molar-refractivity contribution in [3.63, 3.8) is 0 Å². The smallest absolute Gasteiger partial charge is 0.310 e. The topological polar surface area (TPSA) is 173 Å². The fraction of sp³-hybridized carbons (Fsp3) is 0.385. The number of benzene rings is 2. The summed E-state index contributed by atoms with van der Waals surface area (Å²) in [6.45, 7) is -0.790. The van der Waals surface area contributed by atoms with Gasteiger partial charge in [-0.3, -0.25) is 39.4 Å². The number of carbonyl (C=O) groups excluding carboxylic acids is 4. The van der Waals surface area contributed by atoms with E-state index in [2.05, 4.69) is 0 Å². The van der Waals surface area contributed by atoms with Crippen LogP contribution in [0.15, 0.2) is 48.5 Å². The highest BCUT2D eigenvalue weighted by atomic mass is 16.6. The quantitative estimate of drug-likeness (QED) is 0.227. The lowest BCUT2D eigenvalue weighted by atomic mass is 9.80. The van der Waals surface area contributed by atoms with Crippen LogP contribution in [0.1, 0.15) is 36.8 Å². The van der Waals surface area contributed by atoms with Crippen molar-refractivity contribution in [2.75, 3.05) is 13.2 Å². The number of esters is 2. The Kier molecular flexibility index (Phi) is 9.74. The van der Waals surface area contributed by atoms with Gasteiger partial charge in [-0.05, 0) is 36.8 Å². The zero-order valence-electron chi connectivity index (χ0n) is 20.4. The molecule has 1 aliphatic rings. The average Bonchev–Trinajstić information content (AvgIpc) is 2.91. The maximum Gasteiger partial charge on any atom is 0.310 e. The number of carbonyl (C=O) groups is 4. The van der Waals surface area contributed by atoms with Crippen LogP contribution in [0.25, 0.3) is 0 Å². The molecule has 200 valence electrons. The number of ether oxygens (including phenoxy) is 2. The highest BCUT2D eigenvalue weighted by Crippen LogP contribution is 2.30. The van der Waals surface area contributed by atoms with Crippen molar-refractivity contribution in [2.45, 2.75) is 38.5 Å². The van der Waals surface area contributed by atoms with Crippen LogP contribution in [0.4, 0.5) is 11.4 Å². The molecule has 1 fully saturated rings. The van der Waals surface area contributed by atoms with E-state index < -0.39 is 34.3 Å². The van der Waals surface area contributed by atoms with E-state index in [-0.39, 0.29) is 48.3 Å². The Bertz CT molecular complexity index is 1100. The summed E-state index contributed by atoms with van der Waals surface area (Å²) in [7, 11) is 0. The lowest BCUT2D eigenvalue weighted by Gasteiger charge is -2.26. The molecule has 0 unspecified atom stereocenters. The first kappa shape index (κ1) is 28.1. The van der Waals surface area contributed by atoms with E-state index in [1.54, 1.807) is 0 Å². The van der Waals surface area contributed by atoms with Gasteiger partial charge in [0.05, 0.1) is 22.2 Å². The Labute approximate surface area is 217 Å². The Hall–Kier alpha value is -4.48. The van der Waals surface area contributed by atoms with Crippen molar-refractivity contribution in [1.82, 2.24) is 0 Å². The molecule has 12 heteroatoms. The predicted molar refractivity (Wildman–Crippen MR) is 131 cm³/mol. The molecule has 0 radical (unpaired) electrons. The fourth-order valence-electron chi connectivity index (χ4n) is 4.16. The van der Waals surface area contributed by atoms with Gasteiger partial charge in [0, 0.05) is 36.6 Å². The van der Waals surface area contributed by atoms with Crippen LogP contribution in [-0.4, -0.2) is 46.6 Å². The number of nitro benzene ring substituents is 2. The van der Waals surface area contributed by atoms with Crippen LogP contribution in [0.5, 0.6) is 0 Å². The molecule has 0 N–H and O–H groups in total. The summed E-state index contributed by atoms with van der Waals surface area (Å²) >= 11 is 0. The van der Waals surface area contributed by atoms with Crippen molar-refractivity contribution < 1.29 is 38.5 Å². The van der Waals surface area contributed by atoms with Crippen molar-refractivity contribution in [1.29, 1.82) is 0 Å². The normalized spacial score (nSPS) is 16.7. The summed E-state index contributed by atoms with van der Waals surface area (Å²) in [5.74, 6) is -2.50. The van der Waals surface area contributed by atoms with Crippen LogP contribution in [0, 0.1) is 32.1 Å². The van der Waals surface area contributed by atoms with Crippen molar-refractivity contribution in [3.05, 3.63) is 79.9 Å². The van der Waals surface area contributed by atoms with Gasteiger partial charge >= 0.3 is 11.9 Å². The maximum absolute atomic E-state index is 12.4. The highest BCUT2D eigenvalue weighted by molar-refractivity contribution is 5.86. The van der Waals surface area contributed by atoms with Crippen LogP contribution >= 0.6 is 0 Å². The third kappa shape index (κ3) is 8.29. The minimum absolute atomic E-state index is 0.0184. The molecule has 2 aromatic rings. The predicted octanol–water partition coefficient (Wildman–Crippen LogP) is 3.32. The first-order valence-electron chi connectivity index (χ1n) is 12.0. The van der Waals surface area contributed by atoms with Crippen LogP contribution < -0.4 is 0 Å². The van der Waals surface area contributed by atoms with Crippen LogP contribution in [0.2, 0.25) is 0 Å². The lowest BCUT2D eigenvalue weighted by molar-refractivity contribution is -0.385. The minimum Gasteiger partial charge on any atom is -0.457 e. The molecule has 38 heavy (non-hydrogen) atoms. The van der Waals surface area contributed by atoms with Gasteiger partial charge in [-0.15, -0.1) is 0 Å². The Morgan fingerprint density at radius 3 is 1.66 bits per heavy atom. The molecule has 1 saturated carbocycles. The summed E-state index contributed by atoms with van der Waals surface area (Å²) in [5, 5.41) is 21.4. The lowest BCUT2D eigenvalue weighted by Crippen LogP contribution is -2.30. The molecule has 1 aliphatic carbocycles. The van der Waals surface area contributed by atoms with Crippen LogP contribution in [0.3, 0.4) is 0 Å². The SMILES string of the molecule is O=C(COC(=O)C1CCC(C(=O)COC(=O)Cc2ccc([N+](=O)[O-])cc2)CC1)Cc1ccc([N+](=O)[O-])cc1. The van der Waals surface area contributed by atoms with Gasteiger partial charge in [0.1, 0.15) is 13.2 Å². The molecule has 3 rings (SSSR count). The monoisotopic (exact) mass is 526 g/mol. The summed E-state index contributed by atoms with van der Waals surface area (Å²) in [6, 6.07) is 11.0. The second kappa shape index (κ2) is 13.2. The summed E-state index contributed by atoms with van der Waals surface area (Å²) in [6.07, 6.45) is 1.53. The number of nitrogens with zero attached hydrogens (tertiary/aromatic N) is 2. The Balaban J connectivity index is 1.34. The largest absolute Gasteiger partial charge is 0.457 e. The number of nitro groups is 2. The third-order valence-corrected chi connectivity index (χ3v) is 6.31. The first-order valence-corrected chi connectivity index (χ1v) is 12.0. The molecule has 12 nitrogen and oxygen atoms in total. The van der Waals surface area contributed by atoms with E-state index in [4.69, 9.17) is 9.47 Å². The van der Waals surface area contributed by atoms with E-state index in [9.17, 15) is 39.4 Å². The highest BCUT2D eigenvalue weighted by Gasteiger charge is 2.31. The first-order chi connectivity index (χ1) is 18.1. The molecule has 0 heterocycles. The summed E-state index contributed by atoms with van der Waals surface area (Å²) < 4.78 is 10.2. The molecule has 2 aromatic carbocycles. The van der Waals surface area contributed by atoms with E-state index in [1.807, 2.05) is 0 Å². The van der Waals surface area contributed by atoms with Gasteiger partial charge in [-0.2, -0.15) is 0 Å². The fourth-order valence-corrected chi connectivity index (χ4v) is 4.16. The van der Waals surface area contributed by atoms with E-state index in [1.165, 1.54) is 48.5 Å². The second-order valence-corrected chi connectivity index (χ2v) is 9.02. The average molecular weight is 526 g/mol. The van der Waals surface area contributed by atoms with Gasteiger partial charge in [0.25, 0.3) is 11.4 Å². The third-order valence-electron chi connectivity index (χ3n) is 6.31. The molecule has 0 bridgehead atoms. The Morgan fingerprint density at radius 1 is 0.684 bits per heavy atom. The zero-order valence-corrected chi connectivity index (χ0v) is 20.4. The van der Waals surface area contributed by atoms with E-state index >= 15 is 0 Å². The number of rotatable bonds is 12. The summed E-state index contributed by atoms with van der Waals surface area (Å²) in [5.41, 5.74) is 0.926. The number of hydrogen-bond acceptors (Lipinski definition) is 10. The van der Waals surface area contributed by atoms with Gasteiger partial charge in [-0.1, -0.05) is 24.3 Å². The molecular weight excluding hydrogens is 500 g/mol. The number of Topliss-reactive ketones (excluding diaryl/α,β-unsaturated/α-hetero) is 2. The summed E-state index contributed by atoms with van der Waals surface area (Å²) in [4.78, 5) is 69.2. The number of ketones is 2. The molecule has 0 aromatic heterocycles. The van der Waals surface area contributed by atoms with Gasteiger partial charge in [0.15, 0.2) is 11.6 Å². The molecule has 0 spiro atoms. The van der Waals surface area contributed by atoms with E-state index in [0.717, 1.165) is 0 Å². The van der Waals surface area contributed by atoms with Crippen molar-refractivity contribution in [2.24, 2.45) is 11.8 Å². The molecule has 0 amide bonds. The number of hydrogen-bond donors (Lipinski definition) is 0. The number of non-ortho nitro benzene ring substituents is 2. The Morgan fingerprint density at radius 2 is 1.16 bits per heavy atom. The molecule has 0 atom stereocenters. The maximum atomic E-state index is 12.4. The minimum atomic E-state index is -0.622. The standard InChI is InChI=1S/C26H26N2O10/c29-23(13-17-1-9-21(10-2-17)27(33)34)15-38-26(32)20-7-5-19(6-8-20)24(30)16-37-25(31)14-18-3-11-22(12-4-18)28(35)36/h1-4,9-12,19-20H,5-8,13-16H2. The van der Waals surface area contributed by atoms with Gasteiger partial charge in [-0.25, -0.2) is 0 Å². The zero-order chi connectivity index (χ0) is 27.7. The van der Waals surface area contributed by atoms with Crippen LogP contribution in [-0.2, 0) is 41.5 Å². The molecule has 0 saturated heterocycles. The van der Waals surface area contributed by atoms with Gasteiger partial charge < -0.3 is 9.47 Å². The molecular formula is C26H26N2O10. The van der Waals surface area contributed by atoms with E-state index in [0.29, 0.717) is 36.8 Å². The van der Waals surface area contributed by atoms with Crippen molar-refractivity contribution in [3.8, 4) is 0 Å². The molecule has 0 aliphatic heterocycles.